The van der Waals surface area contributed by atoms with Gasteiger partial charge in [0.05, 0.1) is 19.9 Å². The summed E-state index contributed by atoms with van der Waals surface area (Å²) in [4.78, 5) is 24.3. The Bertz CT molecular complexity index is 740. The second kappa shape index (κ2) is 8.15. The van der Waals surface area contributed by atoms with Crippen LogP contribution in [0, 0.1) is 6.92 Å². The molecule has 1 amide bonds. The van der Waals surface area contributed by atoms with Crippen LogP contribution in [0.3, 0.4) is 0 Å². The molecule has 5 nitrogen and oxygen atoms in total. The van der Waals surface area contributed by atoms with Gasteiger partial charge in [-0.05, 0) is 24.6 Å². The number of amides is 1. The lowest BCUT2D eigenvalue weighted by Gasteiger charge is -2.11. The van der Waals surface area contributed by atoms with Crippen molar-refractivity contribution < 1.29 is 19.1 Å². The van der Waals surface area contributed by atoms with Crippen LogP contribution in [-0.4, -0.2) is 25.9 Å². The number of rotatable bonds is 7. The third-order valence-electron chi connectivity index (χ3n) is 3.71. The average Bonchev–Trinajstić information content (AvgIpc) is 2.60. The SMILES string of the molecule is COc1ccc(NC(=O)CCC(=O)c2ccccc2C)c(OC)c1. The minimum atomic E-state index is -0.236. The first-order valence-corrected chi connectivity index (χ1v) is 7.66. The first kappa shape index (κ1) is 17.5. The van der Waals surface area contributed by atoms with Crippen molar-refractivity contribution in [2.24, 2.45) is 0 Å². The molecule has 0 spiro atoms. The summed E-state index contributed by atoms with van der Waals surface area (Å²) < 4.78 is 10.4. The highest BCUT2D eigenvalue weighted by Crippen LogP contribution is 2.29. The van der Waals surface area contributed by atoms with Crippen molar-refractivity contribution in [3.63, 3.8) is 0 Å². The Balaban J connectivity index is 1.96. The van der Waals surface area contributed by atoms with E-state index in [1.54, 1.807) is 31.4 Å². The fourth-order valence-electron chi connectivity index (χ4n) is 2.36. The summed E-state index contributed by atoms with van der Waals surface area (Å²) >= 11 is 0. The molecule has 0 bridgehead atoms. The number of hydrogen-bond acceptors (Lipinski definition) is 4. The number of nitrogens with one attached hydrogen (secondary N) is 1. The molecular formula is C19H21NO4. The summed E-state index contributed by atoms with van der Waals surface area (Å²) in [7, 11) is 3.08. The van der Waals surface area contributed by atoms with E-state index in [1.165, 1.54) is 7.11 Å². The van der Waals surface area contributed by atoms with Crippen LogP contribution in [0.4, 0.5) is 5.69 Å². The summed E-state index contributed by atoms with van der Waals surface area (Å²) in [5, 5.41) is 2.76. The fourth-order valence-corrected chi connectivity index (χ4v) is 2.36. The van der Waals surface area contributed by atoms with Gasteiger partial charge in [-0.2, -0.15) is 0 Å². The summed E-state index contributed by atoms with van der Waals surface area (Å²) in [5.74, 6) is 0.873. The van der Waals surface area contributed by atoms with E-state index in [4.69, 9.17) is 9.47 Å². The van der Waals surface area contributed by atoms with E-state index in [0.29, 0.717) is 22.7 Å². The molecule has 126 valence electrons. The quantitative estimate of drug-likeness (QED) is 0.789. The van der Waals surface area contributed by atoms with Gasteiger partial charge in [-0.25, -0.2) is 0 Å². The number of hydrogen-bond donors (Lipinski definition) is 1. The second-order valence-corrected chi connectivity index (χ2v) is 5.35. The lowest BCUT2D eigenvalue weighted by Crippen LogP contribution is -2.14. The van der Waals surface area contributed by atoms with Crippen LogP contribution in [0.1, 0.15) is 28.8 Å². The van der Waals surface area contributed by atoms with Crippen LogP contribution in [0.5, 0.6) is 11.5 Å². The predicted octanol–water partition coefficient (Wildman–Crippen LogP) is 3.61. The molecule has 0 aliphatic carbocycles. The molecule has 2 aromatic carbocycles. The van der Waals surface area contributed by atoms with Gasteiger partial charge in [-0.15, -0.1) is 0 Å². The Hall–Kier alpha value is -2.82. The monoisotopic (exact) mass is 327 g/mol. The summed E-state index contributed by atoms with van der Waals surface area (Å²) in [6.07, 6.45) is 0.275. The van der Waals surface area contributed by atoms with Crippen molar-refractivity contribution in [1.82, 2.24) is 0 Å². The molecule has 24 heavy (non-hydrogen) atoms. The van der Waals surface area contributed by atoms with Gasteiger partial charge in [0.1, 0.15) is 11.5 Å². The highest BCUT2D eigenvalue weighted by molar-refractivity contribution is 6.01. The summed E-state index contributed by atoms with van der Waals surface area (Å²) in [5.41, 5.74) is 2.12. The van der Waals surface area contributed by atoms with Gasteiger partial charge in [0.25, 0.3) is 0 Å². The highest BCUT2D eigenvalue weighted by atomic mass is 16.5. The van der Waals surface area contributed by atoms with Gasteiger partial charge in [0.2, 0.25) is 5.91 Å². The number of ketones is 1. The fraction of sp³-hybridized carbons (Fsp3) is 0.263. The van der Waals surface area contributed by atoms with E-state index >= 15 is 0 Å². The lowest BCUT2D eigenvalue weighted by atomic mass is 10.0. The van der Waals surface area contributed by atoms with Gasteiger partial charge >= 0.3 is 0 Å². The van der Waals surface area contributed by atoms with E-state index < -0.39 is 0 Å². The van der Waals surface area contributed by atoms with Crippen LogP contribution in [-0.2, 0) is 4.79 Å². The zero-order valence-corrected chi connectivity index (χ0v) is 14.1. The minimum absolute atomic E-state index is 0.0371. The molecule has 1 N–H and O–H groups in total. The van der Waals surface area contributed by atoms with E-state index in [0.717, 1.165) is 5.56 Å². The maximum Gasteiger partial charge on any atom is 0.224 e. The second-order valence-electron chi connectivity index (χ2n) is 5.35. The molecule has 2 aromatic rings. The maximum atomic E-state index is 12.2. The zero-order valence-electron chi connectivity index (χ0n) is 14.1. The molecule has 0 heterocycles. The van der Waals surface area contributed by atoms with Gasteiger partial charge in [-0.3, -0.25) is 9.59 Å². The molecule has 0 aliphatic rings. The normalized spacial score (nSPS) is 10.1. The Labute approximate surface area is 141 Å². The smallest absolute Gasteiger partial charge is 0.224 e. The predicted molar refractivity (Wildman–Crippen MR) is 92.9 cm³/mol. The van der Waals surface area contributed by atoms with Gasteiger partial charge < -0.3 is 14.8 Å². The summed E-state index contributed by atoms with van der Waals surface area (Å²) in [6.45, 7) is 1.88. The number of methoxy groups -OCH3 is 2. The number of benzene rings is 2. The maximum absolute atomic E-state index is 12.2. The Morgan fingerprint density at radius 3 is 2.42 bits per heavy atom. The molecule has 0 saturated heterocycles. The minimum Gasteiger partial charge on any atom is -0.497 e. The van der Waals surface area contributed by atoms with Gasteiger partial charge in [0, 0.05) is 24.5 Å². The number of anilines is 1. The van der Waals surface area contributed by atoms with E-state index in [2.05, 4.69) is 5.32 Å². The van der Waals surface area contributed by atoms with E-state index in [-0.39, 0.29) is 24.5 Å². The van der Waals surface area contributed by atoms with Crippen molar-refractivity contribution in [3.8, 4) is 11.5 Å². The first-order chi connectivity index (χ1) is 11.5. The van der Waals surface area contributed by atoms with Crippen molar-refractivity contribution in [1.29, 1.82) is 0 Å². The number of carbonyl (C=O) groups is 2. The molecular weight excluding hydrogens is 306 g/mol. The number of aryl methyl sites for hydroxylation is 1. The Morgan fingerprint density at radius 1 is 1.00 bits per heavy atom. The summed E-state index contributed by atoms with van der Waals surface area (Å²) in [6, 6.07) is 12.5. The zero-order chi connectivity index (χ0) is 17.5. The lowest BCUT2D eigenvalue weighted by molar-refractivity contribution is -0.116. The van der Waals surface area contributed by atoms with Gasteiger partial charge in [-0.1, -0.05) is 24.3 Å². The molecule has 0 saturated carbocycles. The van der Waals surface area contributed by atoms with Crippen LogP contribution >= 0.6 is 0 Å². The van der Waals surface area contributed by atoms with Crippen LogP contribution < -0.4 is 14.8 Å². The molecule has 0 fully saturated rings. The standard InChI is InChI=1S/C19H21NO4/c1-13-6-4-5-7-15(13)17(21)10-11-19(22)20-16-9-8-14(23-2)12-18(16)24-3/h4-9,12H,10-11H2,1-3H3,(H,20,22). The van der Waals surface area contributed by atoms with Crippen molar-refractivity contribution >= 4 is 17.4 Å². The highest BCUT2D eigenvalue weighted by Gasteiger charge is 2.13. The third-order valence-corrected chi connectivity index (χ3v) is 3.71. The molecule has 0 radical (unpaired) electrons. The molecule has 0 aromatic heterocycles. The largest absolute Gasteiger partial charge is 0.497 e. The van der Waals surface area contributed by atoms with Crippen LogP contribution in [0.2, 0.25) is 0 Å². The molecule has 0 atom stereocenters. The third kappa shape index (κ3) is 4.35. The van der Waals surface area contributed by atoms with Crippen molar-refractivity contribution in [2.45, 2.75) is 19.8 Å². The number of Topliss-reactive ketones (excluding diaryl/α,β-unsaturated/α-hetero) is 1. The molecule has 0 aliphatic heterocycles. The molecule has 2 rings (SSSR count). The Kier molecular flexibility index (Phi) is 5.95. The number of ether oxygens (including phenoxy) is 2. The molecule has 5 heteroatoms. The van der Waals surface area contributed by atoms with Crippen molar-refractivity contribution in [2.75, 3.05) is 19.5 Å². The van der Waals surface area contributed by atoms with Crippen LogP contribution in [0.25, 0.3) is 0 Å². The topological polar surface area (TPSA) is 64.6 Å². The van der Waals surface area contributed by atoms with E-state index in [1.807, 2.05) is 25.1 Å². The Morgan fingerprint density at radius 2 is 1.75 bits per heavy atom. The van der Waals surface area contributed by atoms with E-state index in [9.17, 15) is 9.59 Å². The van der Waals surface area contributed by atoms with Crippen LogP contribution in [0.15, 0.2) is 42.5 Å². The van der Waals surface area contributed by atoms with Gasteiger partial charge in [0.15, 0.2) is 5.78 Å². The average molecular weight is 327 g/mol. The molecule has 0 unspecified atom stereocenters. The first-order valence-electron chi connectivity index (χ1n) is 7.66. The number of carbonyl (C=O) groups excluding carboxylic acids is 2. The van der Waals surface area contributed by atoms with Crippen molar-refractivity contribution in [3.05, 3.63) is 53.6 Å².